The summed E-state index contributed by atoms with van der Waals surface area (Å²) in [6.07, 6.45) is 4.75. The Balaban J connectivity index is 1.52. The lowest BCUT2D eigenvalue weighted by Gasteiger charge is -2.20. The molecule has 0 unspecified atom stereocenters. The highest BCUT2D eigenvalue weighted by Gasteiger charge is 2.25. The van der Waals surface area contributed by atoms with E-state index in [1.807, 2.05) is 0 Å². The Hall–Kier alpha value is -1.68. The zero-order valence-corrected chi connectivity index (χ0v) is 12.7. The third kappa shape index (κ3) is 3.70. The van der Waals surface area contributed by atoms with Crippen LogP contribution in [0.1, 0.15) is 49.4 Å². The van der Waals surface area contributed by atoms with Crippen LogP contribution in [-0.2, 0) is 13.0 Å². The summed E-state index contributed by atoms with van der Waals surface area (Å²) in [5, 5.41) is 4.13. The molecule has 4 heteroatoms. The van der Waals surface area contributed by atoms with Crippen molar-refractivity contribution in [3.05, 3.63) is 47.6 Å². The van der Waals surface area contributed by atoms with Gasteiger partial charge in [0.1, 0.15) is 0 Å². The van der Waals surface area contributed by atoms with E-state index in [1.54, 1.807) is 0 Å². The van der Waals surface area contributed by atoms with Gasteiger partial charge in [0.05, 0.1) is 6.54 Å². The summed E-state index contributed by atoms with van der Waals surface area (Å²) < 4.78 is 5.39. The third-order valence-corrected chi connectivity index (χ3v) is 4.31. The zero-order chi connectivity index (χ0) is 14.5. The van der Waals surface area contributed by atoms with Crippen molar-refractivity contribution >= 4 is 0 Å². The molecule has 0 atom stereocenters. The minimum Gasteiger partial charge on any atom is -0.339 e. The average molecular weight is 285 g/mol. The normalized spacial score (nSPS) is 15.3. The van der Waals surface area contributed by atoms with Crippen molar-refractivity contribution in [3.63, 3.8) is 0 Å². The summed E-state index contributed by atoms with van der Waals surface area (Å²) in [7, 11) is 0. The topological polar surface area (TPSA) is 42.2 Å². The molecular formula is C17H23N3O. The van der Waals surface area contributed by atoms with Gasteiger partial charge in [-0.25, -0.2) is 0 Å². The summed E-state index contributed by atoms with van der Waals surface area (Å²) in [5.74, 6) is 2.19. The Morgan fingerprint density at radius 3 is 2.71 bits per heavy atom. The molecule has 1 saturated carbocycles. The molecule has 0 N–H and O–H groups in total. The van der Waals surface area contributed by atoms with Crippen molar-refractivity contribution in [2.45, 2.75) is 45.1 Å². The highest BCUT2D eigenvalue weighted by molar-refractivity contribution is 5.14. The van der Waals surface area contributed by atoms with Crippen molar-refractivity contribution in [3.8, 4) is 0 Å². The quantitative estimate of drug-likeness (QED) is 0.782. The first-order valence-corrected chi connectivity index (χ1v) is 7.94. The monoisotopic (exact) mass is 285 g/mol. The fourth-order valence-corrected chi connectivity index (χ4v) is 2.63. The largest absolute Gasteiger partial charge is 0.339 e. The van der Waals surface area contributed by atoms with Crippen LogP contribution in [0.2, 0.25) is 0 Å². The molecule has 0 amide bonds. The van der Waals surface area contributed by atoms with Gasteiger partial charge in [0.25, 0.3) is 0 Å². The predicted octanol–water partition coefficient (Wildman–Crippen LogP) is 3.40. The van der Waals surface area contributed by atoms with Crippen LogP contribution in [0.25, 0.3) is 0 Å². The van der Waals surface area contributed by atoms with Gasteiger partial charge in [0.15, 0.2) is 5.82 Å². The molecule has 1 aliphatic carbocycles. The standard InChI is InChI=1S/C17H23N3O/c1-2-20(12-11-14-7-4-3-5-8-14)13-16-18-17(21-19-16)15-9-6-10-15/h3-5,7-8,15H,2,6,9-13H2,1H3. The van der Waals surface area contributed by atoms with Crippen LogP contribution in [0, 0.1) is 0 Å². The van der Waals surface area contributed by atoms with Crippen LogP contribution in [-0.4, -0.2) is 28.1 Å². The minimum absolute atomic E-state index is 0.519. The molecule has 3 rings (SSSR count). The summed E-state index contributed by atoms with van der Waals surface area (Å²) in [5.41, 5.74) is 1.37. The van der Waals surface area contributed by atoms with Crippen molar-refractivity contribution in [1.29, 1.82) is 0 Å². The Morgan fingerprint density at radius 2 is 2.05 bits per heavy atom. The molecular weight excluding hydrogens is 262 g/mol. The molecule has 0 aliphatic heterocycles. The molecule has 21 heavy (non-hydrogen) atoms. The number of benzene rings is 1. The van der Waals surface area contributed by atoms with Gasteiger partial charge in [-0.3, -0.25) is 4.90 Å². The van der Waals surface area contributed by atoms with E-state index in [9.17, 15) is 0 Å². The lowest BCUT2D eigenvalue weighted by molar-refractivity contribution is 0.265. The number of rotatable bonds is 7. The maximum absolute atomic E-state index is 5.39. The Kier molecular flexibility index (Phi) is 4.65. The first kappa shape index (κ1) is 14.3. The second kappa shape index (κ2) is 6.85. The molecule has 0 bridgehead atoms. The van der Waals surface area contributed by atoms with E-state index in [1.165, 1.54) is 24.8 Å². The van der Waals surface area contributed by atoms with E-state index in [2.05, 4.69) is 52.3 Å². The van der Waals surface area contributed by atoms with Gasteiger partial charge in [-0.15, -0.1) is 0 Å². The van der Waals surface area contributed by atoms with Crippen molar-refractivity contribution in [1.82, 2.24) is 15.0 Å². The van der Waals surface area contributed by atoms with E-state index in [4.69, 9.17) is 4.52 Å². The summed E-state index contributed by atoms with van der Waals surface area (Å²) >= 11 is 0. The van der Waals surface area contributed by atoms with E-state index in [0.29, 0.717) is 5.92 Å². The first-order valence-electron chi connectivity index (χ1n) is 7.94. The highest BCUT2D eigenvalue weighted by atomic mass is 16.5. The van der Waals surface area contributed by atoms with Crippen LogP contribution in [0.4, 0.5) is 0 Å². The van der Waals surface area contributed by atoms with E-state index in [-0.39, 0.29) is 0 Å². The van der Waals surface area contributed by atoms with Crippen LogP contribution < -0.4 is 0 Å². The minimum atomic E-state index is 0.519. The molecule has 2 aromatic rings. The van der Waals surface area contributed by atoms with Gasteiger partial charge in [0.2, 0.25) is 5.89 Å². The molecule has 1 fully saturated rings. The molecule has 1 aromatic heterocycles. The summed E-state index contributed by atoms with van der Waals surface area (Å²) in [6.45, 7) is 4.98. The maximum Gasteiger partial charge on any atom is 0.229 e. The lowest BCUT2D eigenvalue weighted by atomic mass is 9.85. The second-order valence-corrected chi connectivity index (χ2v) is 5.78. The van der Waals surface area contributed by atoms with Crippen molar-refractivity contribution in [2.24, 2.45) is 0 Å². The fourth-order valence-electron chi connectivity index (χ4n) is 2.63. The Labute approximate surface area is 126 Å². The maximum atomic E-state index is 5.39. The van der Waals surface area contributed by atoms with Gasteiger partial charge in [-0.1, -0.05) is 48.8 Å². The van der Waals surface area contributed by atoms with E-state index < -0.39 is 0 Å². The second-order valence-electron chi connectivity index (χ2n) is 5.78. The summed E-state index contributed by atoms with van der Waals surface area (Å²) in [6, 6.07) is 10.6. The lowest BCUT2D eigenvalue weighted by Crippen LogP contribution is -2.26. The molecule has 1 heterocycles. The number of nitrogens with zero attached hydrogens (tertiary/aromatic N) is 3. The van der Waals surface area contributed by atoms with Crippen LogP contribution in [0.3, 0.4) is 0 Å². The molecule has 112 valence electrons. The number of hydrogen-bond donors (Lipinski definition) is 0. The Bertz CT molecular complexity index is 548. The molecule has 4 nitrogen and oxygen atoms in total. The SMILES string of the molecule is CCN(CCc1ccccc1)Cc1noc(C2CCC2)n1. The number of aromatic nitrogens is 2. The molecule has 0 spiro atoms. The third-order valence-electron chi connectivity index (χ3n) is 4.31. The molecule has 0 saturated heterocycles. The van der Waals surface area contributed by atoms with Crippen molar-refractivity contribution in [2.75, 3.05) is 13.1 Å². The first-order chi connectivity index (χ1) is 10.3. The smallest absolute Gasteiger partial charge is 0.229 e. The van der Waals surface area contributed by atoms with Gasteiger partial charge in [0, 0.05) is 12.5 Å². The molecule has 1 aliphatic rings. The van der Waals surface area contributed by atoms with Crippen molar-refractivity contribution < 1.29 is 4.52 Å². The van der Waals surface area contributed by atoms with E-state index >= 15 is 0 Å². The highest BCUT2D eigenvalue weighted by Crippen LogP contribution is 2.35. The fraction of sp³-hybridized carbons (Fsp3) is 0.529. The van der Waals surface area contributed by atoms with Crippen LogP contribution >= 0.6 is 0 Å². The predicted molar refractivity (Wildman–Crippen MR) is 82.0 cm³/mol. The summed E-state index contributed by atoms with van der Waals surface area (Å²) in [4.78, 5) is 6.92. The van der Waals surface area contributed by atoms with Crippen LogP contribution in [0.15, 0.2) is 34.9 Å². The van der Waals surface area contributed by atoms with E-state index in [0.717, 1.165) is 37.8 Å². The van der Waals surface area contributed by atoms with Gasteiger partial charge >= 0.3 is 0 Å². The average Bonchev–Trinajstić information content (AvgIpc) is 2.90. The molecule has 1 aromatic carbocycles. The molecule has 0 radical (unpaired) electrons. The van der Waals surface area contributed by atoms with Gasteiger partial charge in [-0.2, -0.15) is 4.98 Å². The number of hydrogen-bond acceptors (Lipinski definition) is 4. The van der Waals surface area contributed by atoms with Crippen LogP contribution in [0.5, 0.6) is 0 Å². The zero-order valence-electron chi connectivity index (χ0n) is 12.7. The number of likely N-dealkylation sites (N-methyl/N-ethyl adjacent to an activating group) is 1. The van der Waals surface area contributed by atoms with Gasteiger partial charge < -0.3 is 4.52 Å². The Morgan fingerprint density at radius 1 is 1.24 bits per heavy atom. The van der Waals surface area contributed by atoms with Gasteiger partial charge in [-0.05, 0) is 31.4 Å².